The molecule has 2 N–H and O–H groups in total. The molecule has 1 fully saturated rings. The molecule has 88 valence electrons. The summed E-state index contributed by atoms with van der Waals surface area (Å²) in [5.74, 6) is 0.400. The van der Waals surface area contributed by atoms with E-state index in [0.29, 0.717) is 12.4 Å². The van der Waals surface area contributed by atoms with Crippen molar-refractivity contribution in [2.75, 3.05) is 6.61 Å². The van der Waals surface area contributed by atoms with E-state index in [2.05, 4.69) is 25.9 Å². The fourth-order valence-corrected chi connectivity index (χ4v) is 1.81. The minimum Gasteiger partial charge on any atom is -0.378 e. The number of carbonyl (C=O) groups is 1. The zero-order chi connectivity index (χ0) is 11.5. The molecular weight excluding hydrogens is 210 g/mol. The number of carbonyl (C=O) groups excluding carboxylic acids is 1. The molecule has 2 rings (SSSR count). The molecule has 0 bridgehead atoms. The summed E-state index contributed by atoms with van der Waals surface area (Å²) in [5, 5.41) is 16.3. The van der Waals surface area contributed by atoms with Crippen LogP contribution in [0.3, 0.4) is 0 Å². The van der Waals surface area contributed by atoms with Gasteiger partial charge in [0.2, 0.25) is 5.91 Å². The molecule has 1 saturated heterocycles. The highest BCUT2D eigenvalue weighted by atomic mass is 16.5. The Kier molecular flexibility index (Phi) is 3.14. The average molecular weight is 225 g/mol. The number of tetrazole rings is 1. The lowest BCUT2D eigenvalue weighted by Gasteiger charge is -2.16. The third-order valence-corrected chi connectivity index (χ3v) is 2.82. The lowest BCUT2D eigenvalue weighted by Crippen LogP contribution is -2.36. The van der Waals surface area contributed by atoms with Crippen LogP contribution in [0.25, 0.3) is 0 Å². The first-order valence-electron chi connectivity index (χ1n) is 5.34. The van der Waals surface area contributed by atoms with Gasteiger partial charge in [0.05, 0.1) is 18.1 Å². The third kappa shape index (κ3) is 2.19. The van der Waals surface area contributed by atoms with Crippen LogP contribution in [-0.4, -0.2) is 39.2 Å². The molecule has 16 heavy (non-hydrogen) atoms. The molecule has 7 heteroatoms. The maximum absolute atomic E-state index is 11.9. The van der Waals surface area contributed by atoms with E-state index in [-0.39, 0.29) is 24.0 Å². The summed E-state index contributed by atoms with van der Waals surface area (Å²) >= 11 is 0. The van der Waals surface area contributed by atoms with Crippen LogP contribution >= 0.6 is 0 Å². The molecule has 7 nitrogen and oxygen atoms in total. The summed E-state index contributed by atoms with van der Waals surface area (Å²) in [4.78, 5) is 11.9. The second-order valence-electron chi connectivity index (χ2n) is 3.97. The molecule has 3 atom stereocenters. The van der Waals surface area contributed by atoms with E-state index >= 15 is 0 Å². The van der Waals surface area contributed by atoms with Gasteiger partial charge in [-0.05, 0) is 20.3 Å². The number of rotatable bonds is 3. The van der Waals surface area contributed by atoms with E-state index in [1.54, 1.807) is 0 Å². The lowest BCUT2D eigenvalue weighted by molar-refractivity contribution is -0.127. The van der Waals surface area contributed by atoms with Gasteiger partial charge >= 0.3 is 0 Å². The molecule has 0 saturated carbocycles. The van der Waals surface area contributed by atoms with Crippen LogP contribution in [0.15, 0.2) is 0 Å². The lowest BCUT2D eigenvalue weighted by atomic mass is 10.0. The van der Waals surface area contributed by atoms with Crippen molar-refractivity contribution in [3.63, 3.8) is 0 Å². The predicted molar refractivity (Wildman–Crippen MR) is 54.3 cm³/mol. The average Bonchev–Trinajstić information content (AvgIpc) is 2.86. The highest BCUT2D eigenvalue weighted by Gasteiger charge is 2.31. The van der Waals surface area contributed by atoms with Gasteiger partial charge in [-0.2, -0.15) is 5.21 Å². The van der Waals surface area contributed by atoms with Crippen LogP contribution in [0.2, 0.25) is 0 Å². The van der Waals surface area contributed by atoms with Gasteiger partial charge in [0.15, 0.2) is 5.82 Å². The quantitative estimate of drug-likeness (QED) is 0.743. The zero-order valence-electron chi connectivity index (χ0n) is 9.30. The van der Waals surface area contributed by atoms with Crippen molar-refractivity contribution in [2.45, 2.75) is 32.4 Å². The number of nitrogens with zero attached hydrogens (tertiary/aromatic N) is 3. The van der Waals surface area contributed by atoms with Crippen molar-refractivity contribution in [1.82, 2.24) is 25.9 Å². The Labute approximate surface area is 92.9 Å². The maximum atomic E-state index is 11.9. The van der Waals surface area contributed by atoms with Crippen molar-refractivity contribution in [3.05, 3.63) is 5.82 Å². The van der Waals surface area contributed by atoms with Crippen molar-refractivity contribution in [3.8, 4) is 0 Å². The molecule has 1 aromatic heterocycles. The van der Waals surface area contributed by atoms with Crippen molar-refractivity contribution >= 4 is 5.91 Å². The third-order valence-electron chi connectivity index (χ3n) is 2.82. The van der Waals surface area contributed by atoms with Gasteiger partial charge in [-0.25, -0.2) is 0 Å². The fourth-order valence-electron chi connectivity index (χ4n) is 1.81. The number of H-pyrrole nitrogens is 1. The summed E-state index contributed by atoms with van der Waals surface area (Å²) in [5.41, 5.74) is 0. The number of hydrogen-bond acceptors (Lipinski definition) is 5. The van der Waals surface area contributed by atoms with Gasteiger partial charge in [0.25, 0.3) is 0 Å². The highest BCUT2D eigenvalue weighted by molar-refractivity contribution is 5.79. The monoisotopic (exact) mass is 225 g/mol. The molecule has 1 amide bonds. The maximum Gasteiger partial charge on any atom is 0.226 e. The van der Waals surface area contributed by atoms with E-state index in [4.69, 9.17) is 4.74 Å². The molecule has 0 aliphatic carbocycles. The molecule has 1 aliphatic rings. The standard InChI is InChI=1S/C9H15N5O2/c1-5(8-11-13-14-12-8)10-9(15)7-3-4-16-6(7)2/h5-7H,3-4H2,1-2H3,(H,10,15)(H,11,12,13,14). The number of aromatic nitrogens is 4. The summed E-state index contributed by atoms with van der Waals surface area (Å²) < 4.78 is 5.35. The normalized spacial score (nSPS) is 26.6. The van der Waals surface area contributed by atoms with Crippen LogP contribution in [0.5, 0.6) is 0 Å². The largest absolute Gasteiger partial charge is 0.378 e. The topological polar surface area (TPSA) is 92.8 Å². The first-order valence-corrected chi connectivity index (χ1v) is 5.34. The van der Waals surface area contributed by atoms with Crippen molar-refractivity contribution < 1.29 is 9.53 Å². The number of amides is 1. The summed E-state index contributed by atoms with van der Waals surface area (Å²) in [7, 11) is 0. The number of ether oxygens (including phenoxy) is 1. The van der Waals surface area contributed by atoms with Gasteiger partial charge < -0.3 is 10.1 Å². The summed E-state index contributed by atoms with van der Waals surface area (Å²) in [6.45, 7) is 4.38. The van der Waals surface area contributed by atoms with E-state index in [0.717, 1.165) is 6.42 Å². The van der Waals surface area contributed by atoms with E-state index < -0.39 is 0 Å². The van der Waals surface area contributed by atoms with E-state index in [1.807, 2.05) is 13.8 Å². The summed E-state index contributed by atoms with van der Waals surface area (Å²) in [6.07, 6.45) is 0.754. The Balaban J connectivity index is 1.92. The first-order chi connectivity index (χ1) is 7.68. The predicted octanol–water partition coefficient (Wildman–Crippen LogP) is -0.198. The van der Waals surface area contributed by atoms with Crippen molar-refractivity contribution in [2.24, 2.45) is 5.92 Å². The second kappa shape index (κ2) is 4.56. The van der Waals surface area contributed by atoms with Crippen LogP contribution in [0, 0.1) is 5.92 Å². The Morgan fingerprint density at radius 1 is 1.69 bits per heavy atom. The minimum absolute atomic E-state index is 0.0118. The fraction of sp³-hybridized carbons (Fsp3) is 0.778. The molecule has 0 spiro atoms. The number of nitrogens with one attached hydrogen (secondary N) is 2. The molecular formula is C9H15N5O2. The Morgan fingerprint density at radius 3 is 3.06 bits per heavy atom. The number of hydrogen-bond donors (Lipinski definition) is 2. The Morgan fingerprint density at radius 2 is 2.50 bits per heavy atom. The molecule has 2 heterocycles. The molecule has 0 aromatic carbocycles. The highest BCUT2D eigenvalue weighted by Crippen LogP contribution is 2.21. The number of aromatic amines is 1. The second-order valence-corrected chi connectivity index (χ2v) is 3.97. The Hall–Kier alpha value is -1.50. The van der Waals surface area contributed by atoms with Crippen molar-refractivity contribution in [1.29, 1.82) is 0 Å². The van der Waals surface area contributed by atoms with Gasteiger partial charge in [-0.1, -0.05) is 5.21 Å². The van der Waals surface area contributed by atoms with E-state index in [9.17, 15) is 4.79 Å². The van der Waals surface area contributed by atoms with Gasteiger partial charge in [-0.3, -0.25) is 4.79 Å². The van der Waals surface area contributed by atoms with Crippen LogP contribution in [-0.2, 0) is 9.53 Å². The zero-order valence-corrected chi connectivity index (χ0v) is 9.30. The molecule has 0 radical (unpaired) electrons. The molecule has 1 aliphatic heterocycles. The smallest absolute Gasteiger partial charge is 0.226 e. The minimum atomic E-state index is -0.237. The summed E-state index contributed by atoms with van der Waals surface area (Å²) in [6, 6.07) is -0.237. The van der Waals surface area contributed by atoms with Gasteiger partial charge in [0.1, 0.15) is 0 Å². The molecule has 3 unspecified atom stereocenters. The van der Waals surface area contributed by atoms with Gasteiger partial charge in [-0.15, -0.1) is 10.2 Å². The molecule has 1 aromatic rings. The Bertz CT molecular complexity index is 353. The SMILES string of the molecule is CC(NC(=O)C1CCOC1C)c1nn[nH]n1. The van der Waals surface area contributed by atoms with Gasteiger partial charge in [0, 0.05) is 6.61 Å². The van der Waals surface area contributed by atoms with Crippen LogP contribution in [0.4, 0.5) is 0 Å². The first kappa shape index (κ1) is 11.0. The van der Waals surface area contributed by atoms with E-state index in [1.165, 1.54) is 0 Å². The van der Waals surface area contributed by atoms with Crippen LogP contribution < -0.4 is 5.32 Å². The van der Waals surface area contributed by atoms with Crippen LogP contribution in [0.1, 0.15) is 32.1 Å².